The summed E-state index contributed by atoms with van der Waals surface area (Å²) in [6.45, 7) is 0.830. The first-order valence-electron chi connectivity index (χ1n) is 5.28. The van der Waals surface area contributed by atoms with Crippen molar-refractivity contribution in [3.63, 3.8) is 0 Å². The molecule has 2 heterocycles. The molecule has 1 aliphatic heterocycles. The van der Waals surface area contributed by atoms with E-state index in [0.717, 1.165) is 25.2 Å². The number of nitrogens with zero attached hydrogens (tertiary/aromatic N) is 2. The third kappa shape index (κ3) is 1.93. The van der Waals surface area contributed by atoms with Gasteiger partial charge in [-0.3, -0.25) is 0 Å². The minimum absolute atomic E-state index is 0.198. The molecule has 1 unspecified atom stereocenters. The van der Waals surface area contributed by atoms with E-state index in [1.807, 2.05) is 11.0 Å². The van der Waals surface area contributed by atoms with Gasteiger partial charge in [0, 0.05) is 6.54 Å². The number of esters is 1. The Bertz CT molecular complexity index is 377. The van der Waals surface area contributed by atoms with Crippen LogP contribution in [0.1, 0.15) is 12.8 Å². The highest BCUT2D eigenvalue weighted by Gasteiger charge is 2.32. The van der Waals surface area contributed by atoms with Crippen LogP contribution < -0.4 is 10.6 Å². The highest BCUT2D eigenvalue weighted by molar-refractivity contribution is 5.80. The molecule has 1 aliphatic rings. The molecule has 1 saturated heterocycles. The van der Waals surface area contributed by atoms with Crippen molar-refractivity contribution in [1.29, 1.82) is 0 Å². The zero-order chi connectivity index (χ0) is 11.5. The Labute approximate surface area is 94.2 Å². The first kappa shape index (κ1) is 10.7. The zero-order valence-corrected chi connectivity index (χ0v) is 9.22. The summed E-state index contributed by atoms with van der Waals surface area (Å²) in [7, 11) is 1.41. The van der Waals surface area contributed by atoms with Crippen molar-refractivity contribution < 1.29 is 9.53 Å². The van der Waals surface area contributed by atoms with Gasteiger partial charge in [-0.15, -0.1) is 0 Å². The monoisotopic (exact) mass is 221 g/mol. The Morgan fingerprint density at radius 3 is 3.06 bits per heavy atom. The van der Waals surface area contributed by atoms with Crippen molar-refractivity contribution in [3.05, 3.63) is 18.3 Å². The highest BCUT2D eigenvalue weighted by atomic mass is 16.5. The molecule has 0 aromatic carbocycles. The van der Waals surface area contributed by atoms with E-state index in [-0.39, 0.29) is 12.0 Å². The number of nitrogens with two attached hydrogens (primary N) is 1. The van der Waals surface area contributed by atoms with Gasteiger partial charge in [0.05, 0.1) is 19.0 Å². The van der Waals surface area contributed by atoms with Crippen LogP contribution in [0.25, 0.3) is 0 Å². The molecule has 0 bridgehead atoms. The zero-order valence-electron chi connectivity index (χ0n) is 9.22. The van der Waals surface area contributed by atoms with Crippen LogP contribution in [0, 0.1) is 0 Å². The van der Waals surface area contributed by atoms with Crippen LogP contribution >= 0.6 is 0 Å². The van der Waals surface area contributed by atoms with E-state index in [1.54, 1.807) is 12.3 Å². The fourth-order valence-corrected chi connectivity index (χ4v) is 1.99. The van der Waals surface area contributed by atoms with Gasteiger partial charge in [-0.05, 0) is 25.0 Å². The van der Waals surface area contributed by atoms with E-state index < -0.39 is 0 Å². The fourth-order valence-electron chi connectivity index (χ4n) is 1.99. The number of hydrogen-bond acceptors (Lipinski definition) is 5. The molecule has 0 amide bonds. The highest BCUT2D eigenvalue weighted by Crippen LogP contribution is 2.24. The largest absolute Gasteiger partial charge is 0.467 e. The van der Waals surface area contributed by atoms with Crippen LogP contribution in [0.4, 0.5) is 11.5 Å². The van der Waals surface area contributed by atoms with Gasteiger partial charge in [0.2, 0.25) is 0 Å². The number of rotatable bonds is 2. The van der Waals surface area contributed by atoms with Crippen LogP contribution in [0.15, 0.2) is 18.3 Å². The molecule has 0 saturated carbocycles. The second-order valence-electron chi connectivity index (χ2n) is 3.82. The van der Waals surface area contributed by atoms with Crippen molar-refractivity contribution >= 4 is 17.5 Å². The topological polar surface area (TPSA) is 68.5 Å². The number of pyridine rings is 1. The normalized spacial score (nSPS) is 19.8. The van der Waals surface area contributed by atoms with E-state index in [1.165, 1.54) is 7.11 Å². The van der Waals surface area contributed by atoms with Gasteiger partial charge < -0.3 is 15.4 Å². The molecule has 2 N–H and O–H groups in total. The number of anilines is 2. The van der Waals surface area contributed by atoms with Crippen molar-refractivity contribution in [2.45, 2.75) is 18.9 Å². The standard InChI is InChI=1S/C11H15N3O2/c1-16-11(15)9-3-2-6-14(9)10-5-4-8(12)7-13-10/h4-5,7,9H,2-3,6,12H2,1H3. The molecule has 5 nitrogen and oxygen atoms in total. The molecule has 0 spiro atoms. The summed E-state index contributed by atoms with van der Waals surface area (Å²) in [6, 6.07) is 3.41. The number of hydrogen-bond donors (Lipinski definition) is 1. The maximum absolute atomic E-state index is 11.5. The lowest BCUT2D eigenvalue weighted by Crippen LogP contribution is -2.37. The molecular formula is C11H15N3O2. The summed E-state index contributed by atoms with van der Waals surface area (Å²) in [5.41, 5.74) is 6.20. The van der Waals surface area contributed by atoms with E-state index in [0.29, 0.717) is 5.69 Å². The van der Waals surface area contributed by atoms with E-state index in [4.69, 9.17) is 10.5 Å². The predicted octanol–water partition coefficient (Wildman–Crippen LogP) is 0.806. The Hall–Kier alpha value is -1.78. The molecule has 1 aromatic rings. The molecule has 2 rings (SSSR count). The maximum atomic E-state index is 11.5. The van der Waals surface area contributed by atoms with Crippen LogP contribution in [-0.4, -0.2) is 30.6 Å². The minimum atomic E-state index is -0.207. The van der Waals surface area contributed by atoms with Crippen LogP contribution in [0.3, 0.4) is 0 Å². The quantitative estimate of drug-likeness (QED) is 0.748. The Balaban J connectivity index is 2.19. The third-order valence-corrected chi connectivity index (χ3v) is 2.79. The van der Waals surface area contributed by atoms with E-state index in [9.17, 15) is 4.79 Å². The average Bonchev–Trinajstić information content (AvgIpc) is 2.78. The molecule has 1 atom stereocenters. The van der Waals surface area contributed by atoms with Gasteiger partial charge in [0.15, 0.2) is 0 Å². The van der Waals surface area contributed by atoms with Crippen molar-refractivity contribution in [2.24, 2.45) is 0 Å². The second kappa shape index (κ2) is 4.38. The van der Waals surface area contributed by atoms with Gasteiger partial charge in [0.1, 0.15) is 11.9 Å². The first-order valence-corrected chi connectivity index (χ1v) is 5.28. The van der Waals surface area contributed by atoms with Crippen LogP contribution in [0.2, 0.25) is 0 Å². The second-order valence-corrected chi connectivity index (χ2v) is 3.82. The number of ether oxygens (including phenoxy) is 1. The van der Waals surface area contributed by atoms with Gasteiger partial charge in [-0.2, -0.15) is 0 Å². The summed E-state index contributed by atoms with van der Waals surface area (Å²) in [5, 5.41) is 0. The molecule has 86 valence electrons. The molecule has 16 heavy (non-hydrogen) atoms. The summed E-state index contributed by atoms with van der Waals surface area (Å²) >= 11 is 0. The number of aromatic nitrogens is 1. The van der Waals surface area contributed by atoms with Crippen molar-refractivity contribution in [3.8, 4) is 0 Å². The van der Waals surface area contributed by atoms with E-state index in [2.05, 4.69) is 4.98 Å². The van der Waals surface area contributed by atoms with E-state index >= 15 is 0 Å². The minimum Gasteiger partial charge on any atom is -0.467 e. The molecule has 0 aliphatic carbocycles. The van der Waals surface area contributed by atoms with Gasteiger partial charge >= 0.3 is 5.97 Å². The molecular weight excluding hydrogens is 206 g/mol. The predicted molar refractivity (Wildman–Crippen MR) is 61.0 cm³/mol. The van der Waals surface area contributed by atoms with Crippen LogP contribution in [-0.2, 0) is 9.53 Å². The number of methoxy groups -OCH3 is 1. The molecule has 5 heteroatoms. The molecule has 1 aromatic heterocycles. The fraction of sp³-hybridized carbons (Fsp3) is 0.455. The van der Waals surface area contributed by atoms with Gasteiger partial charge in [-0.1, -0.05) is 0 Å². The SMILES string of the molecule is COC(=O)C1CCCN1c1ccc(N)cn1. The Morgan fingerprint density at radius 1 is 1.62 bits per heavy atom. The smallest absolute Gasteiger partial charge is 0.328 e. The lowest BCUT2D eigenvalue weighted by molar-refractivity contribution is -0.141. The lowest BCUT2D eigenvalue weighted by atomic mass is 10.2. The Morgan fingerprint density at radius 2 is 2.44 bits per heavy atom. The summed E-state index contributed by atoms with van der Waals surface area (Å²) in [6.07, 6.45) is 3.40. The summed E-state index contributed by atoms with van der Waals surface area (Å²) < 4.78 is 4.78. The number of carbonyl (C=O) groups excluding carboxylic acids is 1. The van der Waals surface area contributed by atoms with Crippen molar-refractivity contribution in [2.75, 3.05) is 24.3 Å². The van der Waals surface area contributed by atoms with Gasteiger partial charge in [0.25, 0.3) is 0 Å². The Kier molecular flexibility index (Phi) is 2.94. The molecule has 1 fully saturated rings. The van der Waals surface area contributed by atoms with Crippen LogP contribution in [0.5, 0.6) is 0 Å². The summed E-state index contributed by atoms with van der Waals surface area (Å²) in [5.74, 6) is 0.582. The number of carbonyl (C=O) groups is 1. The summed E-state index contributed by atoms with van der Waals surface area (Å²) in [4.78, 5) is 17.7. The van der Waals surface area contributed by atoms with Gasteiger partial charge in [-0.25, -0.2) is 9.78 Å². The maximum Gasteiger partial charge on any atom is 0.328 e. The van der Waals surface area contributed by atoms with Crippen molar-refractivity contribution in [1.82, 2.24) is 4.98 Å². The third-order valence-electron chi connectivity index (χ3n) is 2.79. The number of nitrogen functional groups attached to an aromatic ring is 1. The average molecular weight is 221 g/mol. The first-order chi connectivity index (χ1) is 7.72. The lowest BCUT2D eigenvalue weighted by Gasteiger charge is -2.23. The molecule has 0 radical (unpaired) electrons.